The quantitative estimate of drug-likeness (QED) is 0.600. The molecule has 0 aromatic carbocycles. The number of hydrogen-bond acceptors (Lipinski definition) is 1. The summed E-state index contributed by atoms with van der Waals surface area (Å²) in [5.74, 6) is -0.556. The number of carbonyl (C=O) groups is 1. The average molecular weight is 281 g/mol. The molecule has 0 rings (SSSR count). The molecule has 0 heterocycles. The van der Waals surface area contributed by atoms with E-state index in [1.54, 1.807) is 0 Å². The van der Waals surface area contributed by atoms with Gasteiger partial charge in [0.15, 0.2) is 0 Å². The van der Waals surface area contributed by atoms with Crippen molar-refractivity contribution >= 4 is 26.2 Å². The Kier molecular flexibility index (Phi) is 6.93. The van der Waals surface area contributed by atoms with Crippen LogP contribution in [-0.2, 0) is 4.79 Å². The molecule has 12 heavy (non-hydrogen) atoms. The van der Waals surface area contributed by atoms with Crippen LogP contribution in [0.4, 0.5) is 0 Å². The Morgan fingerprint density at radius 3 is 2.33 bits per heavy atom. The van der Waals surface area contributed by atoms with Gasteiger partial charge < -0.3 is 0 Å². The fourth-order valence-corrected chi connectivity index (χ4v) is 4.45. The van der Waals surface area contributed by atoms with Crippen molar-refractivity contribution in [2.45, 2.75) is 46.2 Å². The first kappa shape index (κ1) is 12.3. The molecule has 0 aromatic heterocycles. The van der Waals surface area contributed by atoms with Gasteiger partial charge in [0.1, 0.15) is 0 Å². The number of carboxylic acids is 1. The molecule has 0 spiro atoms. The Hall–Kier alpha value is 0.288. The molecule has 0 fully saturated rings. The third-order valence-corrected chi connectivity index (χ3v) is 6.92. The van der Waals surface area contributed by atoms with Gasteiger partial charge in [0.05, 0.1) is 0 Å². The Bertz CT molecular complexity index is 134. The summed E-state index contributed by atoms with van der Waals surface area (Å²) in [6, 6.07) is 0. The summed E-state index contributed by atoms with van der Waals surface area (Å²) >= 11 is -1.39. The van der Waals surface area contributed by atoms with Gasteiger partial charge in [-0.25, -0.2) is 0 Å². The first-order chi connectivity index (χ1) is 5.59. The number of carboxylic acid groups (broad SMARTS) is 1. The summed E-state index contributed by atoms with van der Waals surface area (Å²) in [6.45, 7) is 2.15. The monoisotopic (exact) mass is 280 g/mol. The molecule has 2 nitrogen and oxygen atoms in total. The third kappa shape index (κ3) is 5.03. The predicted octanol–water partition coefficient (Wildman–Crippen LogP) is 2.78. The van der Waals surface area contributed by atoms with Gasteiger partial charge in [-0.1, -0.05) is 0 Å². The van der Waals surface area contributed by atoms with E-state index >= 15 is 0 Å². The molecule has 0 saturated heterocycles. The van der Waals surface area contributed by atoms with E-state index in [2.05, 4.69) is 16.7 Å². The second-order valence-electron chi connectivity index (χ2n) is 3.31. The average Bonchev–Trinajstić information content (AvgIpc) is 1.96. The molecular weight excluding hydrogens is 262 g/mol. The van der Waals surface area contributed by atoms with Crippen LogP contribution in [0.2, 0.25) is 13.6 Å². The van der Waals surface area contributed by atoms with Crippen LogP contribution in [0.15, 0.2) is 0 Å². The van der Waals surface area contributed by atoms with Crippen molar-refractivity contribution in [2.75, 3.05) is 0 Å². The van der Waals surface area contributed by atoms with Gasteiger partial charge in [-0.3, -0.25) is 0 Å². The van der Waals surface area contributed by atoms with Crippen LogP contribution in [0.3, 0.4) is 0 Å². The second kappa shape index (κ2) is 6.77. The van der Waals surface area contributed by atoms with Crippen molar-refractivity contribution in [3.63, 3.8) is 0 Å². The zero-order valence-corrected chi connectivity index (χ0v) is 10.8. The molecule has 1 atom stereocenters. The molecule has 0 radical (unpaired) electrons. The van der Waals surface area contributed by atoms with E-state index in [9.17, 15) is 4.79 Å². The summed E-state index contributed by atoms with van der Waals surface area (Å²) in [7, 11) is 0. The van der Waals surface area contributed by atoms with Crippen LogP contribution >= 0.6 is 0 Å². The molecule has 0 saturated carbocycles. The minimum atomic E-state index is -1.39. The fourth-order valence-electron chi connectivity index (χ4n) is 1.19. The number of rotatable bonds is 6. The Balaban J connectivity index is 3.72. The Morgan fingerprint density at radius 2 is 2.00 bits per heavy atom. The van der Waals surface area contributed by atoms with E-state index in [0.29, 0.717) is 0 Å². The van der Waals surface area contributed by atoms with Crippen molar-refractivity contribution in [1.29, 1.82) is 0 Å². The molecule has 0 aliphatic carbocycles. The zero-order chi connectivity index (χ0) is 9.56. The fraction of sp³-hybridized carbons (Fsp3) is 0.889. The van der Waals surface area contributed by atoms with Crippen LogP contribution < -0.4 is 0 Å². The summed E-state index contributed by atoms with van der Waals surface area (Å²) in [4.78, 5) is 15.1. The van der Waals surface area contributed by atoms with Crippen molar-refractivity contribution in [2.24, 2.45) is 0 Å². The van der Waals surface area contributed by atoms with Crippen molar-refractivity contribution in [3.8, 4) is 0 Å². The predicted molar refractivity (Wildman–Crippen MR) is 53.0 cm³/mol. The van der Waals surface area contributed by atoms with E-state index < -0.39 is 26.2 Å². The van der Waals surface area contributed by atoms with Crippen LogP contribution in [0.1, 0.15) is 32.6 Å². The summed E-state index contributed by atoms with van der Waals surface area (Å²) in [5.41, 5.74) is 0. The second-order valence-corrected chi connectivity index (χ2v) is 10.6. The van der Waals surface area contributed by atoms with Gasteiger partial charge in [-0.15, -0.1) is 0 Å². The molecule has 0 aliphatic rings. The topological polar surface area (TPSA) is 37.3 Å². The molecular formula is C9H19O2Sb. The van der Waals surface area contributed by atoms with Crippen molar-refractivity contribution in [1.82, 2.24) is 0 Å². The Labute approximate surface area is 82.3 Å². The van der Waals surface area contributed by atoms with Gasteiger partial charge in [0, 0.05) is 0 Å². The SMILES string of the molecule is CCCCC[CH](C(=O)O)[Sb]([CH3])[CH3]. The van der Waals surface area contributed by atoms with Gasteiger partial charge in [0.2, 0.25) is 0 Å². The van der Waals surface area contributed by atoms with Gasteiger partial charge in [-0.05, 0) is 0 Å². The van der Waals surface area contributed by atoms with Gasteiger partial charge >= 0.3 is 82.3 Å². The molecule has 1 N–H and O–H groups in total. The first-order valence-corrected chi connectivity index (χ1v) is 11.1. The molecule has 0 aromatic rings. The maximum atomic E-state index is 10.8. The molecule has 0 amide bonds. The van der Waals surface area contributed by atoms with Gasteiger partial charge in [0.25, 0.3) is 0 Å². The van der Waals surface area contributed by atoms with Crippen molar-refractivity contribution in [3.05, 3.63) is 0 Å². The normalized spacial score (nSPS) is 13.3. The van der Waals surface area contributed by atoms with Gasteiger partial charge in [-0.2, -0.15) is 0 Å². The number of unbranched alkanes of at least 4 members (excludes halogenated alkanes) is 2. The third-order valence-electron chi connectivity index (χ3n) is 1.99. The van der Waals surface area contributed by atoms with E-state index in [1.165, 1.54) is 12.8 Å². The van der Waals surface area contributed by atoms with E-state index in [1.807, 2.05) is 0 Å². The summed E-state index contributed by atoms with van der Waals surface area (Å²) < 4.78 is 0.0412. The van der Waals surface area contributed by atoms with Crippen LogP contribution in [-0.4, -0.2) is 31.3 Å². The van der Waals surface area contributed by atoms with Crippen LogP contribution in [0, 0.1) is 0 Å². The minimum absolute atomic E-state index is 0.0412. The summed E-state index contributed by atoms with van der Waals surface area (Å²) in [6.07, 6.45) is 4.36. The molecule has 3 heteroatoms. The Morgan fingerprint density at radius 1 is 1.42 bits per heavy atom. The maximum absolute atomic E-state index is 10.8. The number of hydrogen-bond donors (Lipinski definition) is 1. The molecule has 72 valence electrons. The van der Waals surface area contributed by atoms with Crippen LogP contribution in [0.25, 0.3) is 0 Å². The zero-order valence-electron chi connectivity index (χ0n) is 8.21. The van der Waals surface area contributed by atoms with Crippen molar-refractivity contribution < 1.29 is 9.90 Å². The molecule has 0 bridgehead atoms. The molecule has 0 aliphatic heterocycles. The number of aliphatic carboxylic acids is 1. The van der Waals surface area contributed by atoms with E-state index in [0.717, 1.165) is 12.8 Å². The first-order valence-electron chi connectivity index (χ1n) is 4.48. The molecule has 1 unspecified atom stereocenters. The van der Waals surface area contributed by atoms with E-state index in [4.69, 9.17) is 5.11 Å². The summed E-state index contributed by atoms with van der Waals surface area (Å²) in [5, 5.41) is 8.89. The van der Waals surface area contributed by atoms with Crippen LogP contribution in [0.5, 0.6) is 0 Å². The standard InChI is InChI=1S/C7H13O2.2CH3.Sb/c1-2-3-4-5-6-7(8)9;;;/h6H,2-5H2,1H3,(H,8,9);2*1H3;. The van der Waals surface area contributed by atoms with E-state index in [-0.39, 0.29) is 3.86 Å².